The van der Waals surface area contributed by atoms with Crippen LogP contribution in [-0.2, 0) is 14.3 Å². The van der Waals surface area contributed by atoms with Gasteiger partial charge in [-0.05, 0) is 42.5 Å². The summed E-state index contributed by atoms with van der Waals surface area (Å²) in [6, 6.07) is 21.2. The number of methoxy groups -OCH3 is 1. The molecular weight excluding hydrogens is 557 g/mol. The molecule has 2 heterocycles. The van der Waals surface area contributed by atoms with Gasteiger partial charge in [0.2, 0.25) is 0 Å². The number of carboxylic acid groups (broad SMARTS) is 1. The lowest BCUT2D eigenvalue weighted by molar-refractivity contribution is -0.192. The van der Waals surface area contributed by atoms with E-state index in [1.54, 1.807) is 19.4 Å². The van der Waals surface area contributed by atoms with Gasteiger partial charge in [-0.2, -0.15) is 18.3 Å². The van der Waals surface area contributed by atoms with E-state index >= 15 is 0 Å². The lowest BCUT2D eigenvalue weighted by Crippen LogP contribution is -2.31. The van der Waals surface area contributed by atoms with Crippen LogP contribution in [-0.4, -0.2) is 70.2 Å². The zero-order valence-electron chi connectivity index (χ0n) is 22.1. The molecular formula is C28H25F3N6O5. The molecule has 5 rings (SSSR count). The number of anilines is 2. The summed E-state index contributed by atoms with van der Waals surface area (Å²) in [5.74, 6) is -1.17. The summed E-state index contributed by atoms with van der Waals surface area (Å²) in [6.45, 7) is 0.800. The second kappa shape index (κ2) is 13.4. The van der Waals surface area contributed by atoms with Crippen molar-refractivity contribution in [1.29, 1.82) is 0 Å². The maximum Gasteiger partial charge on any atom is 0.490 e. The largest absolute Gasteiger partial charge is 0.490 e. The number of nitrogens with one attached hydrogen (secondary N) is 3. The van der Waals surface area contributed by atoms with Crippen LogP contribution in [0.1, 0.15) is 0 Å². The van der Waals surface area contributed by atoms with Crippen LogP contribution in [0.15, 0.2) is 72.9 Å². The van der Waals surface area contributed by atoms with Crippen LogP contribution in [0.2, 0.25) is 0 Å². The van der Waals surface area contributed by atoms with Crippen molar-refractivity contribution < 1.29 is 37.3 Å². The predicted molar refractivity (Wildman–Crippen MR) is 148 cm³/mol. The van der Waals surface area contributed by atoms with Gasteiger partial charge in [0.25, 0.3) is 5.91 Å². The Morgan fingerprint density at radius 3 is 2.57 bits per heavy atom. The number of hydrogen-bond donors (Lipinski definition) is 4. The quantitative estimate of drug-likeness (QED) is 0.181. The first kappa shape index (κ1) is 29.7. The highest BCUT2D eigenvalue weighted by Crippen LogP contribution is 2.29. The molecule has 0 saturated heterocycles. The van der Waals surface area contributed by atoms with Gasteiger partial charge in [0, 0.05) is 35.7 Å². The standard InChI is InChI=1S/C26H24N6O3.C2HF3O2/c1-34-12-11-27-24(33)16-35-20-6-4-5-17(14-20)25-30-23-8-3-2-7-21(23)26(31-25)29-19-9-10-22-18(13-19)15-28-32-22;3-2(4,5)1(6)7/h2-10,13-15H,11-12,16H2,1H3,(H,27,33)(H,28,32)(H,29,30,31);(H,6,7). The Balaban J connectivity index is 0.000000517. The van der Waals surface area contributed by atoms with Crippen molar-refractivity contribution in [1.82, 2.24) is 25.5 Å². The number of aliphatic carboxylic acids is 1. The number of H-pyrrole nitrogens is 1. The molecule has 1 amide bonds. The van der Waals surface area contributed by atoms with Gasteiger partial charge in [-0.25, -0.2) is 14.8 Å². The molecule has 42 heavy (non-hydrogen) atoms. The van der Waals surface area contributed by atoms with E-state index in [0.717, 1.165) is 33.1 Å². The third-order valence-corrected chi connectivity index (χ3v) is 5.64. The molecule has 0 radical (unpaired) electrons. The van der Waals surface area contributed by atoms with Gasteiger partial charge in [0.15, 0.2) is 12.4 Å². The summed E-state index contributed by atoms with van der Waals surface area (Å²) in [6.07, 6.45) is -3.30. The van der Waals surface area contributed by atoms with Crippen LogP contribution in [0.5, 0.6) is 5.75 Å². The third-order valence-electron chi connectivity index (χ3n) is 5.64. The Morgan fingerprint density at radius 1 is 1.02 bits per heavy atom. The number of para-hydroxylation sites is 1. The fraction of sp³-hybridized carbons (Fsp3) is 0.179. The molecule has 0 spiro atoms. The van der Waals surface area contributed by atoms with Crippen molar-refractivity contribution in [2.75, 3.05) is 32.2 Å². The summed E-state index contributed by atoms with van der Waals surface area (Å²) in [7, 11) is 1.59. The number of ether oxygens (including phenoxy) is 2. The normalized spacial score (nSPS) is 11.0. The number of fused-ring (bicyclic) bond motifs is 2. The van der Waals surface area contributed by atoms with Crippen molar-refractivity contribution in [3.05, 3.63) is 72.9 Å². The molecule has 0 unspecified atom stereocenters. The Kier molecular flexibility index (Phi) is 9.50. The number of nitrogens with zero attached hydrogens (tertiary/aromatic N) is 3. The number of hydrogen-bond acceptors (Lipinski definition) is 8. The summed E-state index contributed by atoms with van der Waals surface area (Å²) in [5, 5.41) is 22.2. The highest BCUT2D eigenvalue weighted by molar-refractivity contribution is 5.93. The Bertz CT molecular complexity index is 1690. The van der Waals surface area contributed by atoms with Crippen molar-refractivity contribution in [2.24, 2.45) is 0 Å². The van der Waals surface area contributed by atoms with E-state index in [1.807, 2.05) is 60.7 Å². The van der Waals surface area contributed by atoms with Crippen LogP contribution in [0.25, 0.3) is 33.2 Å². The van der Waals surface area contributed by atoms with Gasteiger partial charge < -0.3 is 25.2 Å². The molecule has 3 aromatic carbocycles. The highest BCUT2D eigenvalue weighted by atomic mass is 19.4. The lowest BCUT2D eigenvalue weighted by atomic mass is 10.1. The smallest absolute Gasteiger partial charge is 0.484 e. The third kappa shape index (κ3) is 7.91. The molecule has 5 aromatic rings. The van der Waals surface area contributed by atoms with Crippen LogP contribution in [0.4, 0.5) is 24.7 Å². The van der Waals surface area contributed by atoms with E-state index in [-0.39, 0.29) is 12.5 Å². The number of alkyl halides is 3. The lowest BCUT2D eigenvalue weighted by Gasteiger charge is -2.12. The van der Waals surface area contributed by atoms with E-state index in [2.05, 4.69) is 20.8 Å². The number of aromatic nitrogens is 4. The van der Waals surface area contributed by atoms with Crippen LogP contribution < -0.4 is 15.4 Å². The van der Waals surface area contributed by atoms with Crippen molar-refractivity contribution in [3.8, 4) is 17.1 Å². The summed E-state index contributed by atoms with van der Waals surface area (Å²) >= 11 is 0. The molecule has 0 bridgehead atoms. The number of carboxylic acids is 1. The van der Waals surface area contributed by atoms with Crippen molar-refractivity contribution >= 4 is 45.2 Å². The minimum atomic E-state index is -5.08. The number of carbonyl (C=O) groups is 2. The van der Waals surface area contributed by atoms with Crippen LogP contribution >= 0.6 is 0 Å². The topological polar surface area (TPSA) is 151 Å². The number of rotatable bonds is 9. The average molecular weight is 583 g/mol. The zero-order valence-corrected chi connectivity index (χ0v) is 22.1. The minimum absolute atomic E-state index is 0.0883. The van der Waals surface area contributed by atoms with Crippen LogP contribution in [0.3, 0.4) is 0 Å². The van der Waals surface area contributed by atoms with Crippen LogP contribution in [0, 0.1) is 0 Å². The second-order valence-electron chi connectivity index (χ2n) is 8.67. The first-order valence-electron chi connectivity index (χ1n) is 12.4. The van der Waals surface area contributed by atoms with Gasteiger partial charge in [-0.1, -0.05) is 24.3 Å². The van der Waals surface area contributed by atoms with E-state index < -0.39 is 12.1 Å². The van der Waals surface area contributed by atoms with Gasteiger partial charge in [0.1, 0.15) is 11.6 Å². The predicted octanol–water partition coefficient (Wildman–Crippen LogP) is 4.69. The van der Waals surface area contributed by atoms with Gasteiger partial charge in [0.05, 0.1) is 23.8 Å². The SMILES string of the molecule is COCCNC(=O)COc1cccc(-c2nc(Nc3ccc4[nH]ncc4c3)c3ccccc3n2)c1.O=C(O)C(F)(F)F. The van der Waals surface area contributed by atoms with Crippen molar-refractivity contribution in [3.63, 3.8) is 0 Å². The van der Waals surface area contributed by atoms with E-state index in [4.69, 9.17) is 29.3 Å². The van der Waals surface area contributed by atoms with E-state index in [0.29, 0.717) is 30.5 Å². The fourth-order valence-electron chi connectivity index (χ4n) is 3.68. The van der Waals surface area contributed by atoms with E-state index in [1.165, 1.54) is 0 Å². The molecule has 11 nitrogen and oxygen atoms in total. The summed E-state index contributed by atoms with van der Waals surface area (Å²) in [4.78, 5) is 30.4. The van der Waals surface area contributed by atoms with Gasteiger partial charge in [-0.3, -0.25) is 9.89 Å². The number of amides is 1. The number of carbonyl (C=O) groups excluding carboxylic acids is 1. The zero-order chi connectivity index (χ0) is 30.1. The minimum Gasteiger partial charge on any atom is -0.484 e. The monoisotopic (exact) mass is 582 g/mol. The Morgan fingerprint density at radius 2 is 1.81 bits per heavy atom. The van der Waals surface area contributed by atoms with Crippen molar-refractivity contribution in [2.45, 2.75) is 6.18 Å². The molecule has 14 heteroatoms. The maximum atomic E-state index is 11.9. The molecule has 0 aliphatic heterocycles. The number of aromatic amines is 1. The summed E-state index contributed by atoms with van der Waals surface area (Å²) < 4.78 is 42.3. The first-order valence-corrected chi connectivity index (χ1v) is 12.4. The number of halogens is 3. The number of benzene rings is 3. The average Bonchev–Trinajstić information content (AvgIpc) is 3.44. The molecule has 0 aliphatic carbocycles. The highest BCUT2D eigenvalue weighted by Gasteiger charge is 2.38. The molecule has 218 valence electrons. The second-order valence-corrected chi connectivity index (χ2v) is 8.67. The first-order chi connectivity index (χ1) is 20.1. The molecule has 4 N–H and O–H groups in total. The fourth-order valence-corrected chi connectivity index (χ4v) is 3.68. The maximum absolute atomic E-state index is 11.9. The van der Waals surface area contributed by atoms with Gasteiger partial charge in [-0.15, -0.1) is 0 Å². The van der Waals surface area contributed by atoms with E-state index in [9.17, 15) is 18.0 Å². The molecule has 2 aromatic heterocycles. The summed E-state index contributed by atoms with van der Waals surface area (Å²) in [5.41, 5.74) is 3.45. The molecule has 0 fully saturated rings. The molecule has 0 aliphatic rings. The molecule has 0 saturated carbocycles. The Labute approximate surface area is 236 Å². The molecule has 0 atom stereocenters. The Hall–Kier alpha value is -5.24. The van der Waals surface area contributed by atoms with Gasteiger partial charge >= 0.3 is 12.1 Å².